The van der Waals surface area contributed by atoms with Crippen molar-refractivity contribution in [3.8, 4) is 11.1 Å². The van der Waals surface area contributed by atoms with Gasteiger partial charge in [-0.15, -0.1) is 0 Å². The number of morpholine rings is 1. The van der Waals surface area contributed by atoms with Gasteiger partial charge in [-0.3, -0.25) is 19.3 Å². The highest BCUT2D eigenvalue weighted by molar-refractivity contribution is 5.93. The molecule has 2 aromatic rings. The van der Waals surface area contributed by atoms with E-state index in [-0.39, 0.29) is 36.8 Å². The molecule has 1 heterocycles. The fourth-order valence-corrected chi connectivity index (χ4v) is 7.95. The molecule has 2 saturated carbocycles. The number of rotatable bonds is 12. The quantitative estimate of drug-likeness (QED) is 0.340. The molecule has 3 aliphatic carbocycles. The minimum absolute atomic E-state index is 0.108. The maximum atomic E-state index is 14.8. The molecule has 0 bridgehead atoms. The van der Waals surface area contributed by atoms with E-state index in [0.717, 1.165) is 67.2 Å². The molecule has 10 heteroatoms. The van der Waals surface area contributed by atoms with Crippen LogP contribution in [-0.4, -0.2) is 102 Å². The number of fused-ring (bicyclic) bond motifs is 3. The predicted octanol–water partition coefficient (Wildman–Crippen LogP) is 5.15. The number of carboxylic acid groups (broad SMARTS) is 1. The molecule has 2 aromatic carbocycles. The Labute approximate surface area is 277 Å². The monoisotopic (exact) mass is 645 g/mol. The van der Waals surface area contributed by atoms with Crippen molar-refractivity contribution >= 4 is 23.9 Å². The summed E-state index contributed by atoms with van der Waals surface area (Å²) < 4.78 is 11.4. The van der Waals surface area contributed by atoms with Crippen molar-refractivity contribution in [2.24, 2.45) is 11.8 Å². The molecule has 2 atom stereocenters. The molecule has 252 valence electrons. The van der Waals surface area contributed by atoms with E-state index in [2.05, 4.69) is 24.3 Å². The average Bonchev–Trinajstić information content (AvgIpc) is 3.70. The second kappa shape index (κ2) is 14.9. The van der Waals surface area contributed by atoms with Gasteiger partial charge in [0.1, 0.15) is 18.7 Å². The van der Waals surface area contributed by atoms with Crippen molar-refractivity contribution in [3.63, 3.8) is 0 Å². The minimum atomic E-state index is -1.15. The lowest BCUT2D eigenvalue weighted by molar-refractivity contribution is -0.155. The molecular weight excluding hydrogens is 598 g/mol. The summed E-state index contributed by atoms with van der Waals surface area (Å²) >= 11 is 0. The van der Waals surface area contributed by atoms with Crippen molar-refractivity contribution in [3.05, 3.63) is 59.7 Å². The molecule has 1 aliphatic heterocycles. The van der Waals surface area contributed by atoms with E-state index in [0.29, 0.717) is 38.6 Å². The Balaban J connectivity index is 1.24. The molecule has 2 unspecified atom stereocenters. The summed E-state index contributed by atoms with van der Waals surface area (Å²) in [4.78, 5) is 59.2. The summed E-state index contributed by atoms with van der Waals surface area (Å²) in [7, 11) is 1.61. The number of benzene rings is 2. The lowest BCUT2D eigenvalue weighted by atomic mass is 9.82. The van der Waals surface area contributed by atoms with Crippen molar-refractivity contribution < 1.29 is 33.8 Å². The second-order valence-corrected chi connectivity index (χ2v) is 13.6. The number of aliphatic carboxylic acids is 1. The second-order valence-electron chi connectivity index (χ2n) is 13.6. The van der Waals surface area contributed by atoms with Gasteiger partial charge in [-0.1, -0.05) is 80.6 Å². The normalized spacial score (nSPS) is 19.3. The van der Waals surface area contributed by atoms with E-state index in [9.17, 15) is 24.3 Å². The minimum Gasteiger partial charge on any atom is -0.481 e. The van der Waals surface area contributed by atoms with Crippen LogP contribution >= 0.6 is 0 Å². The Morgan fingerprint density at radius 1 is 0.915 bits per heavy atom. The smallest absolute Gasteiger partial charge is 0.410 e. The SMILES string of the molecule is CN(C(=O)OCC1c2ccccc2-c2ccccc21)C(C(=O)N(CCC1CCC1)C(CC(=O)O)C(=O)N1CCOCC1)C1CCCC1. The van der Waals surface area contributed by atoms with Crippen LogP contribution in [0.5, 0.6) is 0 Å². The Morgan fingerprint density at radius 2 is 1.53 bits per heavy atom. The van der Waals surface area contributed by atoms with Gasteiger partial charge in [-0.2, -0.15) is 0 Å². The van der Waals surface area contributed by atoms with E-state index in [1.807, 2.05) is 24.3 Å². The Kier molecular flexibility index (Phi) is 10.4. The highest BCUT2D eigenvalue weighted by atomic mass is 16.6. The standard InChI is InChI=1S/C37H47N3O7/c1-38(37(45)47-24-31-29-15-6-4-13-27(29)28-14-5-7-16-30(28)31)34(26-11-2-3-12-26)36(44)40(18-17-25-9-8-10-25)32(23-33(41)42)35(43)39-19-21-46-22-20-39/h4-7,13-16,25-26,31-32,34H,2-3,8-12,17-24H2,1H3,(H,41,42). The van der Waals surface area contributed by atoms with E-state index in [4.69, 9.17) is 9.47 Å². The molecule has 47 heavy (non-hydrogen) atoms. The maximum absolute atomic E-state index is 14.8. The molecule has 3 amide bonds. The van der Waals surface area contributed by atoms with Crippen molar-refractivity contribution in [1.29, 1.82) is 0 Å². The third-order valence-electron chi connectivity index (χ3n) is 10.8. The van der Waals surface area contributed by atoms with Crippen LogP contribution in [0.2, 0.25) is 0 Å². The topological polar surface area (TPSA) is 117 Å². The van der Waals surface area contributed by atoms with Crippen LogP contribution in [0, 0.1) is 11.8 Å². The van der Waals surface area contributed by atoms with Gasteiger partial charge >= 0.3 is 12.1 Å². The molecule has 10 nitrogen and oxygen atoms in total. The highest BCUT2D eigenvalue weighted by Crippen LogP contribution is 2.44. The molecule has 0 radical (unpaired) electrons. The van der Waals surface area contributed by atoms with Crippen molar-refractivity contribution in [2.45, 2.75) is 75.8 Å². The fraction of sp³-hybridized carbons (Fsp3) is 0.568. The zero-order valence-corrected chi connectivity index (χ0v) is 27.4. The molecule has 6 rings (SSSR count). The summed E-state index contributed by atoms with van der Waals surface area (Å²) in [6, 6.07) is 14.3. The molecule has 1 saturated heterocycles. The maximum Gasteiger partial charge on any atom is 0.410 e. The van der Waals surface area contributed by atoms with Crippen LogP contribution in [0.1, 0.15) is 74.8 Å². The fourth-order valence-electron chi connectivity index (χ4n) is 7.95. The van der Waals surface area contributed by atoms with Gasteiger partial charge in [0.05, 0.1) is 19.6 Å². The summed E-state index contributed by atoms with van der Waals surface area (Å²) in [6.07, 6.45) is 6.32. The van der Waals surface area contributed by atoms with Gasteiger partial charge in [0.15, 0.2) is 0 Å². The zero-order valence-electron chi connectivity index (χ0n) is 27.4. The number of ether oxygens (including phenoxy) is 2. The van der Waals surface area contributed by atoms with Crippen LogP contribution in [-0.2, 0) is 23.9 Å². The van der Waals surface area contributed by atoms with Gasteiger partial charge in [0.2, 0.25) is 11.8 Å². The number of amides is 3. The number of nitrogens with zero attached hydrogens (tertiary/aromatic N) is 3. The molecular formula is C37H47N3O7. The van der Waals surface area contributed by atoms with Crippen LogP contribution in [0.3, 0.4) is 0 Å². The number of carbonyl (C=O) groups excluding carboxylic acids is 3. The number of hydrogen-bond acceptors (Lipinski definition) is 6. The number of likely N-dealkylation sites (N-methyl/N-ethyl adjacent to an activating group) is 1. The lowest BCUT2D eigenvalue weighted by Gasteiger charge is -2.41. The summed E-state index contributed by atoms with van der Waals surface area (Å²) in [5.74, 6) is -1.65. The molecule has 0 aromatic heterocycles. The third-order valence-corrected chi connectivity index (χ3v) is 10.8. The molecule has 3 fully saturated rings. The van der Waals surface area contributed by atoms with E-state index in [1.54, 1.807) is 11.9 Å². The van der Waals surface area contributed by atoms with Crippen LogP contribution in [0.4, 0.5) is 4.79 Å². The van der Waals surface area contributed by atoms with Gasteiger partial charge in [-0.05, 0) is 53.4 Å². The van der Waals surface area contributed by atoms with Crippen molar-refractivity contribution in [1.82, 2.24) is 14.7 Å². The number of hydrogen-bond donors (Lipinski definition) is 1. The van der Waals surface area contributed by atoms with Crippen LogP contribution in [0.15, 0.2) is 48.5 Å². The first-order valence-electron chi connectivity index (χ1n) is 17.3. The zero-order chi connectivity index (χ0) is 32.9. The van der Waals surface area contributed by atoms with Gasteiger partial charge in [0, 0.05) is 32.6 Å². The molecule has 0 spiro atoms. The number of carbonyl (C=O) groups is 4. The Bertz CT molecular complexity index is 1400. The summed E-state index contributed by atoms with van der Waals surface area (Å²) in [6.45, 7) is 1.86. The Hall–Kier alpha value is -3.92. The average molecular weight is 646 g/mol. The molecule has 4 aliphatic rings. The van der Waals surface area contributed by atoms with Gasteiger partial charge in [0.25, 0.3) is 0 Å². The number of carboxylic acids is 1. The van der Waals surface area contributed by atoms with Crippen molar-refractivity contribution in [2.75, 3.05) is 46.5 Å². The van der Waals surface area contributed by atoms with Gasteiger partial charge < -0.3 is 24.4 Å². The van der Waals surface area contributed by atoms with E-state index >= 15 is 0 Å². The summed E-state index contributed by atoms with van der Waals surface area (Å²) in [5, 5.41) is 9.94. The first kappa shape index (κ1) is 33.0. The Morgan fingerprint density at radius 3 is 2.11 bits per heavy atom. The van der Waals surface area contributed by atoms with Crippen LogP contribution in [0.25, 0.3) is 11.1 Å². The third kappa shape index (κ3) is 7.17. The summed E-state index contributed by atoms with van der Waals surface area (Å²) in [5.41, 5.74) is 4.47. The predicted molar refractivity (Wildman–Crippen MR) is 176 cm³/mol. The largest absolute Gasteiger partial charge is 0.481 e. The lowest BCUT2D eigenvalue weighted by Crippen LogP contribution is -2.60. The first-order chi connectivity index (χ1) is 22.8. The van der Waals surface area contributed by atoms with E-state index < -0.39 is 30.6 Å². The van der Waals surface area contributed by atoms with E-state index in [1.165, 1.54) is 9.80 Å². The highest BCUT2D eigenvalue weighted by Gasteiger charge is 2.44. The van der Waals surface area contributed by atoms with Crippen LogP contribution < -0.4 is 0 Å². The van der Waals surface area contributed by atoms with Gasteiger partial charge in [-0.25, -0.2) is 4.79 Å². The molecule has 1 N–H and O–H groups in total. The first-order valence-corrected chi connectivity index (χ1v) is 17.3.